The average molecular weight is 410 g/mol. The van der Waals surface area contributed by atoms with Crippen LogP contribution in [-0.4, -0.2) is 27.2 Å². The molecule has 156 valence electrons. The van der Waals surface area contributed by atoms with Crippen LogP contribution >= 0.6 is 0 Å². The molecule has 3 rings (SSSR count). The number of hydrogen-bond donors (Lipinski definition) is 1. The third-order valence-corrected chi connectivity index (χ3v) is 4.16. The summed E-state index contributed by atoms with van der Waals surface area (Å²) in [7, 11) is 0. The van der Waals surface area contributed by atoms with E-state index in [2.05, 4.69) is 10.4 Å². The maximum atomic E-state index is 12.5. The molecule has 0 aliphatic carbocycles. The summed E-state index contributed by atoms with van der Waals surface area (Å²) < 4.78 is 12.5. The Morgan fingerprint density at radius 2 is 1.83 bits per heavy atom. The molecule has 0 saturated carbocycles. The van der Waals surface area contributed by atoms with E-state index in [4.69, 9.17) is 9.47 Å². The first-order chi connectivity index (χ1) is 14.4. The van der Waals surface area contributed by atoms with Gasteiger partial charge in [-0.25, -0.2) is 4.68 Å². The monoisotopic (exact) mass is 410 g/mol. The highest BCUT2D eigenvalue weighted by atomic mass is 16.6. The Balaban J connectivity index is 1.68. The van der Waals surface area contributed by atoms with Crippen molar-refractivity contribution in [1.82, 2.24) is 9.78 Å². The van der Waals surface area contributed by atoms with Gasteiger partial charge in [0.05, 0.1) is 17.6 Å². The number of aryl methyl sites for hydroxylation is 2. The van der Waals surface area contributed by atoms with Crippen LogP contribution in [0.25, 0.3) is 0 Å². The first-order valence-corrected chi connectivity index (χ1v) is 9.33. The van der Waals surface area contributed by atoms with Crippen LogP contribution in [0.4, 0.5) is 11.4 Å². The Hall–Kier alpha value is -3.88. The molecule has 1 aromatic heterocycles. The highest BCUT2D eigenvalue weighted by molar-refractivity contribution is 6.04. The number of anilines is 1. The normalized spacial score (nSPS) is 10.5. The van der Waals surface area contributed by atoms with Crippen molar-refractivity contribution in [2.24, 2.45) is 0 Å². The maximum Gasteiger partial charge on any atom is 0.296 e. The molecule has 0 bridgehead atoms. The van der Waals surface area contributed by atoms with Gasteiger partial charge in [0.1, 0.15) is 17.2 Å². The van der Waals surface area contributed by atoms with Gasteiger partial charge in [-0.15, -0.1) is 0 Å². The fourth-order valence-electron chi connectivity index (χ4n) is 2.92. The van der Waals surface area contributed by atoms with Gasteiger partial charge >= 0.3 is 0 Å². The molecule has 3 aromatic rings. The van der Waals surface area contributed by atoms with Gasteiger partial charge in [0.15, 0.2) is 12.4 Å². The van der Waals surface area contributed by atoms with Crippen LogP contribution in [-0.2, 0) is 6.73 Å². The van der Waals surface area contributed by atoms with E-state index in [0.717, 1.165) is 11.1 Å². The van der Waals surface area contributed by atoms with Crippen LogP contribution in [0.1, 0.15) is 28.5 Å². The largest absolute Gasteiger partial charge is 0.494 e. The molecule has 30 heavy (non-hydrogen) atoms. The third-order valence-electron chi connectivity index (χ3n) is 4.16. The lowest BCUT2D eigenvalue weighted by atomic mass is 10.1. The van der Waals surface area contributed by atoms with Crippen molar-refractivity contribution in [1.29, 1.82) is 0 Å². The van der Waals surface area contributed by atoms with Crippen molar-refractivity contribution in [2.45, 2.75) is 27.5 Å². The number of nitrogens with zero attached hydrogens (tertiary/aromatic N) is 3. The second-order valence-electron chi connectivity index (χ2n) is 6.66. The number of hydrogen-bond acceptors (Lipinski definition) is 6. The average Bonchev–Trinajstić information content (AvgIpc) is 3.16. The molecule has 1 N–H and O–H groups in total. The van der Waals surface area contributed by atoms with E-state index < -0.39 is 10.8 Å². The van der Waals surface area contributed by atoms with Crippen LogP contribution in [0, 0.1) is 24.0 Å². The van der Waals surface area contributed by atoms with E-state index in [0.29, 0.717) is 18.1 Å². The van der Waals surface area contributed by atoms with Gasteiger partial charge in [-0.1, -0.05) is 6.07 Å². The summed E-state index contributed by atoms with van der Waals surface area (Å²) >= 11 is 0. The zero-order valence-corrected chi connectivity index (χ0v) is 16.9. The summed E-state index contributed by atoms with van der Waals surface area (Å²) in [5.41, 5.74) is 2.09. The van der Waals surface area contributed by atoms with E-state index in [9.17, 15) is 14.9 Å². The second-order valence-corrected chi connectivity index (χ2v) is 6.66. The summed E-state index contributed by atoms with van der Waals surface area (Å²) in [6, 6.07) is 11.6. The summed E-state index contributed by atoms with van der Waals surface area (Å²) in [6.45, 7) is 6.25. The molecule has 0 spiro atoms. The van der Waals surface area contributed by atoms with Crippen molar-refractivity contribution in [3.8, 4) is 11.5 Å². The Kier molecular flexibility index (Phi) is 6.31. The van der Waals surface area contributed by atoms with Gasteiger partial charge in [0, 0.05) is 6.20 Å². The van der Waals surface area contributed by atoms with E-state index >= 15 is 0 Å². The topological polar surface area (TPSA) is 109 Å². The number of carbonyl (C=O) groups excluding carboxylic acids is 1. The van der Waals surface area contributed by atoms with Gasteiger partial charge in [0.25, 0.3) is 11.6 Å². The van der Waals surface area contributed by atoms with Crippen molar-refractivity contribution in [3.05, 3.63) is 75.6 Å². The number of nitro benzene ring substituents is 1. The van der Waals surface area contributed by atoms with Gasteiger partial charge in [0.2, 0.25) is 0 Å². The smallest absolute Gasteiger partial charge is 0.296 e. The number of aromatic nitrogens is 2. The molecule has 0 fully saturated rings. The fraction of sp³-hybridized carbons (Fsp3) is 0.238. The molecule has 9 nitrogen and oxygen atoms in total. The molecule has 0 atom stereocenters. The summed E-state index contributed by atoms with van der Waals surface area (Å²) in [4.78, 5) is 23.3. The molecular formula is C21H22N4O5. The molecule has 2 aromatic carbocycles. The van der Waals surface area contributed by atoms with E-state index in [1.165, 1.54) is 22.9 Å². The lowest BCUT2D eigenvalue weighted by Crippen LogP contribution is -2.15. The van der Waals surface area contributed by atoms with Crippen molar-refractivity contribution in [3.63, 3.8) is 0 Å². The summed E-state index contributed by atoms with van der Waals surface area (Å²) in [5.74, 6) is 0.501. The molecule has 0 aliphatic heterocycles. The summed E-state index contributed by atoms with van der Waals surface area (Å²) in [5, 5.41) is 18.0. The second kappa shape index (κ2) is 9.08. The molecule has 9 heteroatoms. The van der Waals surface area contributed by atoms with Crippen LogP contribution < -0.4 is 14.8 Å². The minimum atomic E-state index is -0.575. The third kappa shape index (κ3) is 5.13. The molecule has 0 unspecified atom stereocenters. The number of nitro groups is 1. The highest BCUT2D eigenvalue weighted by Crippen LogP contribution is 2.29. The minimum absolute atomic E-state index is 0.0643. The van der Waals surface area contributed by atoms with Crippen molar-refractivity contribution in [2.75, 3.05) is 11.9 Å². The van der Waals surface area contributed by atoms with Gasteiger partial charge in [-0.3, -0.25) is 14.9 Å². The first-order valence-electron chi connectivity index (χ1n) is 9.33. The highest BCUT2D eigenvalue weighted by Gasteiger charge is 2.19. The Morgan fingerprint density at radius 3 is 2.50 bits per heavy atom. The van der Waals surface area contributed by atoms with Crippen LogP contribution in [0.3, 0.4) is 0 Å². The zero-order valence-electron chi connectivity index (χ0n) is 16.9. The van der Waals surface area contributed by atoms with Gasteiger partial charge < -0.3 is 14.8 Å². The Morgan fingerprint density at radius 1 is 1.10 bits per heavy atom. The van der Waals surface area contributed by atoms with Crippen LogP contribution in [0.5, 0.6) is 11.5 Å². The van der Waals surface area contributed by atoms with Crippen molar-refractivity contribution < 1.29 is 19.2 Å². The fourth-order valence-corrected chi connectivity index (χ4v) is 2.92. The number of ether oxygens (including phenoxy) is 2. The lowest BCUT2D eigenvalue weighted by molar-refractivity contribution is -0.384. The number of benzene rings is 2. The van der Waals surface area contributed by atoms with Crippen LogP contribution in [0.15, 0.2) is 48.7 Å². The number of amides is 1. The summed E-state index contributed by atoms with van der Waals surface area (Å²) in [6.07, 6.45) is 1.60. The van der Waals surface area contributed by atoms with Gasteiger partial charge in [-0.05, 0) is 62.2 Å². The Labute approximate surface area is 173 Å². The maximum absolute atomic E-state index is 12.5. The van der Waals surface area contributed by atoms with E-state index in [1.807, 2.05) is 32.0 Å². The van der Waals surface area contributed by atoms with Gasteiger partial charge in [-0.2, -0.15) is 5.10 Å². The molecule has 1 heterocycles. The molecule has 1 amide bonds. The van der Waals surface area contributed by atoms with Crippen LogP contribution in [0.2, 0.25) is 0 Å². The van der Waals surface area contributed by atoms with E-state index in [1.54, 1.807) is 19.2 Å². The molecule has 0 saturated heterocycles. The predicted octanol–water partition coefficient (Wildman–Crippen LogP) is 4.10. The molecule has 0 radical (unpaired) electrons. The first kappa shape index (κ1) is 20.8. The minimum Gasteiger partial charge on any atom is -0.494 e. The van der Waals surface area contributed by atoms with Crippen molar-refractivity contribution >= 4 is 17.3 Å². The predicted molar refractivity (Wildman–Crippen MR) is 111 cm³/mol. The lowest BCUT2D eigenvalue weighted by Gasteiger charge is -2.08. The number of rotatable bonds is 8. The SMILES string of the molecule is CCOc1ccc(NC(=O)c2ccn(COc3cc(C)cc(C)c3)n2)c([N+](=O)[O-])c1. The van der Waals surface area contributed by atoms with E-state index in [-0.39, 0.29) is 23.8 Å². The number of carbonyl (C=O) groups is 1. The molecule has 0 aliphatic rings. The molecular weight excluding hydrogens is 388 g/mol. The Bertz CT molecular complexity index is 1060. The number of nitrogens with one attached hydrogen (secondary N) is 1. The standard InChI is InChI=1S/C21H22N4O5/c1-4-29-16-5-6-18(20(12-16)25(27)28)22-21(26)19-7-8-24(23-19)13-30-17-10-14(2)9-15(3)11-17/h5-12H,4,13H2,1-3H3,(H,22,26). The zero-order chi connectivity index (χ0) is 21.7. The quantitative estimate of drug-likeness (QED) is 0.442.